The van der Waals surface area contributed by atoms with Crippen molar-refractivity contribution in [3.05, 3.63) is 83.8 Å². The van der Waals surface area contributed by atoms with E-state index in [1.165, 1.54) is 12.5 Å². The third kappa shape index (κ3) is 5.57. The molecule has 7 nitrogen and oxygen atoms in total. The molecule has 142 valence electrons. The first-order valence-electron chi connectivity index (χ1n) is 8.56. The summed E-state index contributed by atoms with van der Waals surface area (Å²) < 4.78 is 10.4. The molecular weight excluding hydrogens is 358 g/mol. The fraction of sp³-hybridized carbons (Fsp3) is 0.0952. The number of aryl methyl sites for hydroxylation is 1. The first-order valence-corrected chi connectivity index (χ1v) is 8.56. The Hall–Kier alpha value is -3.87. The molecule has 2 aromatic carbocycles. The standard InChI is InChI=1S/C21H19N3O4/c1-15-4-2-5-17(12-15)23-20(25)14-28-18-9-7-16(8-10-18)13-22-24-21(26)19-6-3-11-27-19/h2-13H,14H2,1H3,(H,23,25)(H,24,26)/b22-13+. The van der Waals surface area contributed by atoms with Crippen LogP contribution in [0.5, 0.6) is 5.75 Å². The molecule has 0 aliphatic carbocycles. The van der Waals surface area contributed by atoms with Gasteiger partial charge in [0.25, 0.3) is 5.91 Å². The number of furan rings is 1. The second kappa shape index (κ2) is 9.18. The second-order valence-electron chi connectivity index (χ2n) is 5.95. The highest BCUT2D eigenvalue weighted by atomic mass is 16.5. The zero-order chi connectivity index (χ0) is 19.8. The first kappa shape index (κ1) is 18.9. The van der Waals surface area contributed by atoms with E-state index in [4.69, 9.17) is 9.15 Å². The van der Waals surface area contributed by atoms with Gasteiger partial charge in [0.1, 0.15) is 5.75 Å². The molecule has 2 amide bonds. The van der Waals surface area contributed by atoms with E-state index in [0.717, 1.165) is 16.8 Å². The van der Waals surface area contributed by atoms with Crippen LogP contribution in [0, 0.1) is 6.92 Å². The molecule has 3 rings (SSSR count). The van der Waals surface area contributed by atoms with Crippen LogP contribution in [0.25, 0.3) is 0 Å². The molecule has 0 aliphatic heterocycles. The van der Waals surface area contributed by atoms with Crippen molar-refractivity contribution in [2.24, 2.45) is 5.10 Å². The smallest absolute Gasteiger partial charge is 0.307 e. The molecule has 0 bridgehead atoms. The van der Waals surface area contributed by atoms with Crippen LogP contribution in [0.2, 0.25) is 0 Å². The van der Waals surface area contributed by atoms with Gasteiger partial charge in [0.2, 0.25) is 0 Å². The Bertz CT molecular complexity index is 964. The van der Waals surface area contributed by atoms with Gasteiger partial charge in [-0.15, -0.1) is 0 Å². The van der Waals surface area contributed by atoms with Gasteiger partial charge in [-0.3, -0.25) is 9.59 Å². The average molecular weight is 377 g/mol. The highest BCUT2D eigenvalue weighted by Gasteiger charge is 2.06. The Kier molecular flexibility index (Phi) is 6.20. The number of nitrogens with zero attached hydrogens (tertiary/aromatic N) is 1. The zero-order valence-electron chi connectivity index (χ0n) is 15.2. The molecule has 2 N–H and O–H groups in total. The first-order chi connectivity index (χ1) is 13.6. The molecule has 0 aliphatic rings. The maximum absolute atomic E-state index is 12.0. The zero-order valence-corrected chi connectivity index (χ0v) is 15.2. The minimum atomic E-state index is -0.430. The number of anilines is 1. The fourth-order valence-electron chi connectivity index (χ4n) is 2.35. The summed E-state index contributed by atoms with van der Waals surface area (Å²) >= 11 is 0. The Balaban J connectivity index is 1.45. The van der Waals surface area contributed by atoms with E-state index in [2.05, 4.69) is 15.8 Å². The molecule has 7 heteroatoms. The van der Waals surface area contributed by atoms with Crippen molar-refractivity contribution in [1.29, 1.82) is 0 Å². The number of amides is 2. The Morgan fingerprint density at radius 3 is 2.64 bits per heavy atom. The van der Waals surface area contributed by atoms with Crippen molar-refractivity contribution >= 4 is 23.7 Å². The summed E-state index contributed by atoms with van der Waals surface area (Å²) in [4.78, 5) is 23.6. The maximum atomic E-state index is 12.0. The Morgan fingerprint density at radius 1 is 1.11 bits per heavy atom. The van der Waals surface area contributed by atoms with Gasteiger partial charge in [0.15, 0.2) is 12.4 Å². The topological polar surface area (TPSA) is 92.9 Å². The molecule has 0 saturated carbocycles. The van der Waals surface area contributed by atoms with Crippen molar-refractivity contribution < 1.29 is 18.7 Å². The van der Waals surface area contributed by atoms with Crippen LogP contribution in [-0.2, 0) is 4.79 Å². The summed E-state index contributed by atoms with van der Waals surface area (Å²) in [5.74, 6) is 0.0682. The van der Waals surface area contributed by atoms with Crippen molar-refractivity contribution in [3.8, 4) is 5.75 Å². The van der Waals surface area contributed by atoms with Crippen LogP contribution in [0.1, 0.15) is 21.7 Å². The minimum Gasteiger partial charge on any atom is -0.484 e. The van der Waals surface area contributed by atoms with E-state index in [1.807, 2.05) is 31.2 Å². The van der Waals surface area contributed by atoms with Crippen molar-refractivity contribution in [3.63, 3.8) is 0 Å². The van der Waals surface area contributed by atoms with E-state index in [1.54, 1.807) is 36.4 Å². The van der Waals surface area contributed by atoms with Gasteiger partial charge >= 0.3 is 5.91 Å². The van der Waals surface area contributed by atoms with Gasteiger partial charge < -0.3 is 14.5 Å². The molecule has 0 radical (unpaired) electrons. The molecule has 0 spiro atoms. The van der Waals surface area contributed by atoms with Crippen LogP contribution in [0.3, 0.4) is 0 Å². The lowest BCUT2D eigenvalue weighted by Crippen LogP contribution is -2.20. The molecule has 28 heavy (non-hydrogen) atoms. The SMILES string of the molecule is Cc1cccc(NC(=O)COc2ccc(/C=N/NC(=O)c3ccco3)cc2)c1. The fourth-order valence-corrected chi connectivity index (χ4v) is 2.35. The molecule has 0 saturated heterocycles. The average Bonchev–Trinajstić information content (AvgIpc) is 3.22. The van der Waals surface area contributed by atoms with E-state index in [-0.39, 0.29) is 18.3 Å². The summed E-state index contributed by atoms with van der Waals surface area (Å²) in [7, 11) is 0. The van der Waals surface area contributed by atoms with Gasteiger partial charge in [-0.1, -0.05) is 12.1 Å². The molecule has 1 aromatic heterocycles. The minimum absolute atomic E-state index is 0.0966. The third-order valence-electron chi connectivity index (χ3n) is 3.68. The number of ether oxygens (including phenoxy) is 1. The number of benzene rings is 2. The lowest BCUT2D eigenvalue weighted by atomic mass is 10.2. The van der Waals surface area contributed by atoms with Gasteiger partial charge in [-0.05, 0) is 66.6 Å². The number of hydrogen-bond acceptors (Lipinski definition) is 5. The molecule has 3 aromatic rings. The number of rotatable bonds is 7. The van der Waals surface area contributed by atoms with Gasteiger partial charge in [0, 0.05) is 5.69 Å². The number of nitrogens with one attached hydrogen (secondary N) is 2. The number of hydrazone groups is 1. The molecule has 1 heterocycles. The normalized spacial score (nSPS) is 10.6. The van der Waals surface area contributed by atoms with Crippen molar-refractivity contribution in [1.82, 2.24) is 5.43 Å². The number of hydrogen-bond donors (Lipinski definition) is 2. The monoisotopic (exact) mass is 377 g/mol. The number of carbonyl (C=O) groups excluding carboxylic acids is 2. The van der Waals surface area contributed by atoms with Gasteiger partial charge in [-0.2, -0.15) is 5.10 Å². The van der Waals surface area contributed by atoms with Gasteiger partial charge in [-0.25, -0.2) is 5.43 Å². The predicted octanol–water partition coefficient (Wildman–Crippen LogP) is 3.37. The third-order valence-corrected chi connectivity index (χ3v) is 3.68. The predicted molar refractivity (Wildman–Crippen MR) is 106 cm³/mol. The van der Waals surface area contributed by atoms with E-state index in [0.29, 0.717) is 5.75 Å². The van der Waals surface area contributed by atoms with Crippen LogP contribution < -0.4 is 15.5 Å². The van der Waals surface area contributed by atoms with Gasteiger partial charge in [0.05, 0.1) is 12.5 Å². The van der Waals surface area contributed by atoms with E-state index >= 15 is 0 Å². The van der Waals surface area contributed by atoms with E-state index in [9.17, 15) is 9.59 Å². The van der Waals surface area contributed by atoms with Crippen molar-refractivity contribution in [2.75, 3.05) is 11.9 Å². The Morgan fingerprint density at radius 2 is 1.93 bits per heavy atom. The Labute approximate surface area is 162 Å². The molecule has 0 unspecified atom stereocenters. The second-order valence-corrected chi connectivity index (χ2v) is 5.95. The van der Waals surface area contributed by atoms with E-state index < -0.39 is 5.91 Å². The van der Waals surface area contributed by atoms with Crippen molar-refractivity contribution in [2.45, 2.75) is 6.92 Å². The molecular formula is C21H19N3O4. The highest BCUT2D eigenvalue weighted by Crippen LogP contribution is 2.12. The number of carbonyl (C=O) groups is 2. The van der Waals surface area contributed by atoms with Crippen LogP contribution in [-0.4, -0.2) is 24.6 Å². The largest absolute Gasteiger partial charge is 0.484 e. The quantitative estimate of drug-likeness (QED) is 0.488. The van der Waals surface area contributed by atoms with Crippen LogP contribution in [0.4, 0.5) is 5.69 Å². The summed E-state index contributed by atoms with van der Waals surface area (Å²) in [6.45, 7) is 1.86. The van der Waals surface area contributed by atoms with Crippen LogP contribution >= 0.6 is 0 Å². The molecule has 0 fully saturated rings. The highest BCUT2D eigenvalue weighted by molar-refractivity contribution is 5.92. The lowest BCUT2D eigenvalue weighted by Gasteiger charge is -2.08. The summed E-state index contributed by atoms with van der Waals surface area (Å²) in [5, 5.41) is 6.65. The molecule has 0 atom stereocenters. The van der Waals surface area contributed by atoms with Crippen LogP contribution in [0.15, 0.2) is 76.4 Å². The lowest BCUT2D eigenvalue weighted by molar-refractivity contribution is -0.118. The maximum Gasteiger partial charge on any atom is 0.307 e. The summed E-state index contributed by atoms with van der Waals surface area (Å²) in [5.41, 5.74) is 4.93. The summed E-state index contributed by atoms with van der Waals surface area (Å²) in [6, 6.07) is 17.7. The summed E-state index contributed by atoms with van der Waals surface area (Å²) in [6.07, 6.45) is 2.91.